The van der Waals surface area contributed by atoms with Crippen LogP contribution in [0.25, 0.3) is 27.9 Å². The van der Waals surface area contributed by atoms with E-state index in [0.717, 1.165) is 11.3 Å². The number of thiazole rings is 1. The summed E-state index contributed by atoms with van der Waals surface area (Å²) in [4.78, 5) is 29.7. The van der Waals surface area contributed by atoms with Crippen molar-refractivity contribution in [3.63, 3.8) is 0 Å². The predicted molar refractivity (Wildman–Crippen MR) is 132 cm³/mol. The van der Waals surface area contributed by atoms with E-state index >= 15 is 0 Å². The van der Waals surface area contributed by atoms with Gasteiger partial charge in [0.2, 0.25) is 11.7 Å². The molecule has 0 saturated heterocycles. The SMILES string of the molecule is Cc1ccc(-c2csc(NC(=O)CSc3nnc4n(C)c(=O)c5ccccc5n34)n2)cc1C. The Morgan fingerprint density at radius 3 is 2.76 bits per heavy atom. The van der Waals surface area contributed by atoms with E-state index in [1.165, 1.54) is 38.8 Å². The molecule has 5 aromatic rings. The third-order valence-corrected chi connectivity index (χ3v) is 7.17. The van der Waals surface area contributed by atoms with Crippen molar-refractivity contribution in [2.45, 2.75) is 19.0 Å². The van der Waals surface area contributed by atoms with E-state index in [-0.39, 0.29) is 17.2 Å². The summed E-state index contributed by atoms with van der Waals surface area (Å²) < 4.78 is 3.26. The zero-order valence-corrected chi connectivity index (χ0v) is 19.8. The van der Waals surface area contributed by atoms with Gasteiger partial charge in [-0.15, -0.1) is 21.5 Å². The van der Waals surface area contributed by atoms with Gasteiger partial charge in [0.05, 0.1) is 22.3 Å². The van der Waals surface area contributed by atoms with Crippen LogP contribution in [0.4, 0.5) is 5.13 Å². The number of hydrogen-bond acceptors (Lipinski definition) is 7. The molecule has 3 heterocycles. The molecule has 0 aliphatic heterocycles. The normalized spacial score (nSPS) is 11.4. The third-order valence-electron chi connectivity index (χ3n) is 5.48. The zero-order valence-electron chi connectivity index (χ0n) is 18.2. The van der Waals surface area contributed by atoms with E-state index in [1.807, 2.05) is 29.6 Å². The molecule has 5 rings (SSSR count). The Bertz CT molecular complexity index is 1580. The summed E-state index contributed by atoms with van der Waals surface area (Å²) in [6.07, 6.45) is 0. The highest BCUT2D eigenvalue weighted by molar-refractivity contribution is 7.99. The standard InChI is InChI=1S/C23H20N6O2S2/c1-13-8-9-15(10-14(13)2)17-11-32-21(24-17)25-19(30)12-33-23-27-26-22-28(3)20(31)16-6-4-5-7-18(16)29(22)23/h4-11H,12H2,1-3H3,(H,24,25,30). The summed E-state index contributed by atoms with van der Waals surface area (Å²) in [5.41, 5.74) is 4.87. The molecule has 166 valence electrons. The molecule has 33 heavy (non-hydrogen) atoms. The molecule has 1 amide bonds. The fraction of sp³-hybridized carbons (Fsp3) is 0.174. The number of carbonyl (C=O) groups excluding carboxylic acids is 1. The van der Waals surface area contributed by atoms with E-state index in [0.29, 0.717) is 27.0 Å². The summed E-state index contributed by atoms with van der Waals surface area (Å²) in [5.74, 6) is 0.377. The van der Waals surface area contributed by atoms with Crippen LogP contribution in [-0.2, 0) is 11.8 Å². The van der Waals surface area contributed by atoms with E-state index in [4.69, 9.17) is 0 Å². The lowest BCUT2D eigenvalue weighted by Crippen LogP contribution is -2.20. The number of aromatic nitrogens is 5. The fourth-order valence-electron chi connectivity index (χ4n) is 3.55. The van der Waals surface area contributed by atoms with Gasteiger partial charge >= 0.3 is 0 Å². The number of nitrogens with one attached hydrogen (secondary N) is 1. The average Bonchev–Trinajstić information content (AvgIpc) is 3.45. The van der Waals surface area contributed by atoms with Crippen molar-refractivity contribution in [2.75, 3.05) is 11.1 Å². The number of anilines is 1. The van der Waals surface area contributed by atoms with Crippen LogP contribution in [0.3, 0.4) is 0 Å². The van der Waals surface area contributed by atoms with Crippen LogP contribution in [0.5, 0.6) is 0 Å². The van der Waals surface area contributed by atoms with Gasteiger partial charge in [-0.1, -0.05) is 36.0 Å². The molecule has 2 aromatic carbocycles. The van der Waals surface area contributed by atoms with Crippen molar-refractivity contribution in [1.29, 1.82) is 0 Å². The number of para-hydroxylation sites is 1. The van der Waals surface area contributed by atoms with Crippen molar-refractivity contribution in [3.8, 4) is 11.3 Å². The number of benzene rings is 2. The molecule has 0 unspecified atom stereocenters. The van der Waals surface area contributed by atoms with Gasteiger partial charge in [0.25, 0.3) is 5.56 Å². The smallest absolute Gasteiger partial charge is 0.262 e. The molecule has 0 bridgehead atoms. The van der Waals surface area contributed by atoms with Crippen molar-refractivity contribution in [3.05, 3.63) is 69.3 Å². The molecule has 0 aliphatic carbocycles. The summed E-state index contributed by atoms with van der Waals surface area (Å²) in [6.45, 7) is 4.14. The van der Waals surface area contributed by atoms with E-state index < -0.39 is 0 Å². The summed E-state index contributed by atoms with van der Waals surface area (Å²) in [5, 5.41) is 14.8. The van der Waals surface area contributed by atoms with Gasteiger partial charge in [0.1, 0.15) is 0 Å². The second-order valence-electron chi connectivity index (χ2n) is 7.67. The molecule has 0 fully saturated rings. The van der Waals surface area contributed by atoms with Crippen LogP contribution in [0, 0.1) is 13.8 Å². The van der Waals surface area contributed by atoms with Crippen LogP contribution in [0.2, 0.25) is 0 Å². The van der Waals surface area contributed by atoms with Gasteiger partial charge in [-0.2, -0.15) is 0 Å². The first kappa shape index (κ1) is 21.4. The van der Waals surface area contributed by atoms with Crippen LogP contribution < -0.4 is 10.9 Å². The lowest BCUT2D eigenvalue weighted by atomic mass is 10.1. The Hall–Kier alpha value is -3.50. The number of fused-ring (bicyclic) bond motifs is 3. The first-order valence-corrected chi connectivity index (χ1v) is 12.1. The van der Waals surface area contributed by atoms with E-state index in [2.05, 4.69) is 46.5 Å². The number of thioether (sulfide) groups is 1. The molecule has 0 saturated carbocycles. The van der Waals surface area contributed by atoms with Gasteiger partial charge in [-0.3, -0.25) is 18.6 Å². The minimum Gasteiger partial charge on any atom is -0.301 e. The second kappa shape index (κ2) is 8.45. The van der Waals surface area contributed by atoms with E-state index in [9.17, 15) is 9.59 Å². The highest BCUT2D eigenvalue weighted by Gasteiger charge is 2.16. The van der Waals surface area contributed by atoms with Gasteiger partial charge < -0.3 is 5.32 Å². The third kappa shape index (κ3) is 3.91. The predicted octanol–water partition coefficient (Wildman–Crippen LogP) is 4.05. The topological polar surface area (TPSA) is 94.2 Å². The molecule has 1 N–H and O–H groups in total. The molecule has 0 aliphatic rings. The van der Waals surface area contributed by atoms with Crippen molar-refractivity contribution in [1.82, 2.24) is 24.1 Å². The number of hydrogen-bond donors (Lipinski definition) is 1. The maximum absolute atomic E-state index is 12.6. The van der Waals surface area contributed by atoms with Crippen molar-refractivity contribution in [2.24, 2.45) is 7.05 Å². The lowest BCUT2D eigenvalue weighted by Gasteiger charge is -2.07. The van der Waals surface area contributed by atoms with Crippen LogP contribution >= 0.6 is 23.1 Å². The summed E-state index contributed by atoms with van der Waals surface area (Å²) in [6, 6.07) is 13.5. The maximum Gasteiger partial charge on any atom is 0.262 e. The number of aryl methyl sites for hydroxylation is 3. The Labute approximate surface area is 197 Å². The van der Waals surface area contributed by atoms with Gasteiger partial charge in [0, 0.05) is 18.0 Å². The Balaban J connectivity index is 1.34. The Kier molecular flexibility index (Phi) is 5.47. The molecule has 0 radical (unpaired) electrons. The molecular weight excluding hydrogens is 456 g/mol. The van der Waals surface area contributed by atoms with Gasteiger partial charge in [0.15, 0.2) is 10.3 Å². The summed E-state index contributed by atoms with van der Waals surface area (Å²) >= 11 is 2.65. The highest BCUT2D eigenvalue weighted by atomic mass is 32.2. The molecule has 3 aromatic heterocycles. The largest absolute Gasteiger partial charge is 0.301 e. The second-order valence-corrected chi connectivity index (χ2v) is 9.47. The Morgan fingerprint density at radius 1 is 1.12 bits per heavy atom. The molecule has 0 spiro atoms. The minimum atomic E-state index is -0.188. The van der Waals surface area contributed by atoms with E-state index in [1.54, 1.807) is 17.5 Å². The molecule has 8 nitrogen and oxygen atoms in total. The summed E-state index contributed by atoms with van der Waals surface area (Å²) in [7, 11) is 1.66. The number of nitrogens with zero attached hydrogens (tertiary/aromatic N) is 5. The van der Waals surface area contributed by atoms with Crippen LogP contribution in [0.15, 0.2) is 57.8 Å². The van der Waals surface area contributed by atoms with Crippen molar-refractivity contribution >= 4 is 50.8 Å². The molecule has 10 heteroatoms. The fourth-order valence-corrected chi connectivity index (χ4v) is 5.03. The number of carbonyl (C=O) groups is 1. The zero-order chi connectivity index (χ0) is 23.1. The Morgan fingerprint density at radius 2 is 1.94 bits per heavy atom. The maximum atomic E-state index is 12.6. The van der Waals surface area contributed by atoms with Crippen LogP contribution in [-0.4, -0.2) is 35.8 Å². The lowest BCUT2D eigenvalue weighted by molar-refractivity contribution is -0.113. The first-order valence-electron chi connectivity index (χ1n) is 10.2. The molecular formula is C23H20N6O2S2. The average molecular weight is 477 g/mol. The minimum absolute atomic E-state index is 0.135. The van der Waals surface area contributed by atoms with Gasteiger partial charge in [-0.05, 0) is 43.2 Å². The monoisotopic (exact) mass is 476 g/mol. The highest BCUT2D eigenvalue weighted by Crippen LogP contribution is 2.27. The first-order chi connectivity index (χ1) is 15.9. The molecule has 0 atom stereocenters. The number of rotatable bonds is 5. The van der Waals surface area contributed by atoms with Crippen molar-refractivity contribution < 1.29 is 4.79 Å². The number of amides is 1. The van der Waals surface area contributed by atoms with Gasteiger partial charge in [-0.25, -0.2) is 4.98 Å². The quantitative estimate of drug-likeness (QED) is 0.385. The van der Waals surface area contributed by atoms with Crippen LogP contribution in [0.1, 0.15) is 11.1 Å².